The summed E-state index contributed by atoms with van der Waals surface area (Å²) in [5.74, 6) is -19.9. The summed E-state index contributed by atoms with van der Waals surface area (Å²) < 4.78 is 71.6. The van der Waals surface area contributed by atoms with Gasteiger partial charge in [0, 0.05) is 115 Å². The highest BCUT2D eigenvalue weighted by molar-refractivity contribution is 6.07. The second-order valence-electron chi connectivity index (χ2n) is 40.2. The summed E-state index contributed by atoms with van der Waals surface area (Å²) in [5, 5.41) is 0. The maximum absolute atomic E-state index is 11.6. The number of ether oxygens (including phenoxy) is 16. The van der Waals surface area contributed by atoms with Crippen LogP contribution in [0.5, 0.6) is 0 Å². The fourth-order valence-electron chi connectivity index (χ4n) is 21.4. The third-order valence-corrected chi connectivity index (χ3v) is 29.7. The number of benzene rings is 1. The highest BCUT2D eigenvalue weighted by Crippen LogP contribution is 2.53. The highest BCUT2D eigenvalue weighted by atomic mass is 16.7. The van der Waals surface area contributed by atoms with Gasteiger partial charge in [0.15, 0.2) is 0 Å². The standard InChI is InChI=1S/C16H20O6.C16H14O6.C15H18O6.2C11H12O6.C10H12N2O6.2C10H10O6/c2*17-13-5-11(6-14(18)21-13)9-1-2-10(4-3-9)12-7-15(19)22-16(20)8-12;16-12-5-10(6-13(17)20-12)8-1-3-9(4-2-8)11-7-14(18)21-15(11)19;12-8-2-6(3-9(13)16-8)1-7-4-10(14)17-11(15)5-7;1-4-6(10(14)16-8(4)12)3-7-5(2)9(13)17-11(7)15;13-7-3-11(4-8(14)17-7)1-2-12-5-9(15)18-10(16)6-12;1-9(3-5(11)15-7(9)13)10(2)4-6(12)16-8(10)14;11-7-1-5(2-8(12)15-7)6-3-9(13)16-10(14)4-6/h9-12H,1-8H2;1-4,11-12H,5-8H2;8-11H,1-7H2;6-7H,1-5H2;4-7H,3H2,1-2H3;1-6H2;3-4H2,1-2H3;5-6H,1-4H2. The van der Waals surface area contributed by atoms with E-state index in [4.69, 9.17) is 0 Å². The van der Waals surface area contributed by atoms with Crippen LogP contribution in [-0.2, 0) is 229 Å². The maximum atomic E-state index is 11.6. The molecule has 50 nitrogen and oxygen atoms in total. The number of hydrogen-bond donors (Lipinski definition) is 0. The molecule has 1 aromatic carbocycles. The van der Waals surface area contributed by atoms with Crippen LogP contribution in [0, 0.1) is 106 Å². The molecule has 16 saturated heterocycles. The van der Waals surface area contributed by atoms with Gasteiger partial charge in [-0.2, -0.15) is 0 Å². The van der Waals surface area contributed by atoms with E-state index in [1.54, 1.807) is 23.6 Å². The lowest BCUT2D eigenvalue weighted by atomic mass is 9.63. The third kappa shape index (κ3) is 31.3. The van der Waals surface area contributed by atoms with Crippen LogP contribution in [0.25, 0.3) is 0 Å². The van der Waals surface area contributed by atoms with E-state index < -0.39 is 220 Å². The molecule has 2 saturated carbocycles. The van der Waals surface area contributed by atoms with E-state index in [1.165, 1.54) is 13.8 Å². The van der Waals surface area contributed by atoms with Crippen LogP contribution in [0.4, 0.5) is 0 Å². The van der Waals surface area contributed by atoms with Crippen molar-refractivity contribution in [3.8, 4) is 0 Å². The minimum atomic E-state index is -1.31. The summed E-state index contributed by atoms with van der Waals surface area (Å²) in [4.78, 5) is 362. The quantitative estimate of drug-likeness (QED) is 0.138. The smallest absolute Gasteiger partial charge is 0.327 e. The van der Waals surface area contributed by atoms with Crippen LogP contribution in [0.3, 0.4) is 0 Å². The van der Waals surface area contributed by atoms with Crippen molar-refractivity contribution in [2.45, 2.75) is 239 Å². The third-order valence-electron chi connectivity index (χ3n) is 29.7. The first kappa shape index (κ1) is 113. The van der Waals surface area contributed by atoms with Crippen LogP contribution in [0.1, 0.15) is 250 Å². The van der Waals surface area contributed by atoms with E-state index in [0.717, 1.165) is 62.5 Å². The van der Waals surface area contributed by atoms with E-state index in [1.807, 2.05) is 24.3 Å². The summed E-state index contributed by atoms with van der Waals surface area (Å²) in [6.45, 7) is 7.00. The number of hydrogen-bond acceptors (Lipinski definition) is 50. The molecular weight excluding hydrogens is 1990 g/mol. The summed E-state index contributed by atoms with van der Waals surface area (Å²) >= 11 is 0. The van der Waals surface area contributed by atoms with Crippen molar-refractivity contribution in [2.24, 2.45) is 106 Å². The first-order chi connectivity index (χ1) is 70.3. The molecule has 18 fully saturated rings. The number of carbonyl (C=O) groups is 32. The number of morpholine rings is 2. The summed E-state index contributed by atoms with van der Waals surface area (Å²) in [7, 11) is 0. The first-order valence-corrected chi connectivity index (χ1v) is 48.7. The van der Waals surface area contributed by atoms with Crippen LogP contribution in [-0.4, -0.2) is 240 Å². The normalized spacial score (nSPS) is 29.1. The van der Waals surface area contributed by atoms with Crippen molar-refractivity contribution >= 4 is 191 Å². The Hall–Kier alpha value is -14.6. The largest absolute Gasteiger partial charge is 0.393 e. The molecular formula is C99H108N2O48. The molecule has 7 atom stereocenters. The molecule has 2 aliphatic carbocycles. The molecule has 0 amide bonds. The maximum Gasteiger partial charge on any atom is 0.327 e. The second kappa shape index (κ2) is 49.9. The minimum absolute atomic E-state index is 0.0397. The van der Waals surface area contributed by atoms with Gasteiger partial charge in [-0.25, -0.2) is 0 Å². The van der Waals surface area contributed by atoms with Gasteiger partial charge in [0.1, 0.15) is 0 Å². The van der Waals surface area contributed by atoms with E-state index >= 15 is 0 Å². The van der Waals surface area contributed by atoms with Crippen molar-refractivity contribution in [3.63, 3.8) is 0 Å². The summed E-state index contributed by atoms with van der Waals surface area (Å²) in [6.07, 6.45) is 11.3. The zero-order valence-electron chi connectivity index (χ0n) is 81.4. The molecule has 0 bridgehead atoms. The lowest BCUT2D eigenvalue weighted by Gasteiger charge is -2.37. The van der Waals surface area contributed by atoms with Crippen molar-refractivity contribution in [3.05, 3.63) is 35.4 Å². The highest BCUT2D eigenvalue weighted by Gasteiger charge is 2.66. The van der Waals surface area contributed by atoms with Crippen molar-refractivity contribution in [2.75, 3.05) is 39.3 Å². The van der Waals surface area contributed by atoms with Gasteiger partial charge in [0.2, 0.25) is 0 Å². The first-order valence-electron chi connectivity index (χ1n) is 48.7. The van der Waals surface area contributed by atoms with Gasteiger partial charge in [-0.3, -0.25) is 163 Å². The average Bonchev–Trinajstić information content (AvgIpc) is 1.58. The van der Waals surface area contributed by atoms with Crippen LogP contribution < -0.4 is 0 Å². The zero-order valence-corrected chi connectivity index (χ0v) is 81.4. The number of cyclic esters (lactones) is 32. The van der Waals surface area contributed by atoms with Crippen molar-refractivity contribution in [1.82, 2.24) is 9.80 Å². The molecule has 16 aliphatic heterocycles. The van der Waals surface area contributed by atoms with Gasteiger partial charge >= 0.3 is 191 Å². The molecule has 0 radical (unpaired) electrons. The van der Waals surface area contributed by atoms with Gasteiger partial charge < -0.3 is 75.8 Å². The van der Waals surface area contributed by atoms with Gasteiger partial charge in [-0.1, -0.05) is 38.1 Å². The second-order valence-corrected chi connectivity index (χ2v) is 40.2. The van der Waals surface area contributed by atoms with Gasteiger partial charge in [-0.05, 0) is 154 Å². The Balaban J connectivity index is 0.000000152. The monoisotopic (exact) mass is 2090 g/mol. The summed E-state index contributed by atoms with van der Waals surface area (Å²) in [5.41, 5.74) is -0.877. The lowest BCUT2D eigenvalue weighted by molar-refractivity contribution is -0.173. The Morgan fingerprint density at radius 2 is 0.443 bits per heavy atom. The molecule has 0 aromatic heterocycles. The van der Waals surface area contributed by atoms with Crippen molar-refractivity contribution in [1.29, 1.82) is 0 Å². The summed E-state index contributed by atoms with van der Waals surface area (Å²) in [6, 6.07) is 7.32. The molecule has 149 heavy (non-hydrogen) atoms. The number of esters is 32. The zero-order chi connectivity index (χ0) is 108. The Labute approximate surface area is 845 Å². The fraction of sp³-hybridized carbons (Fsp3) is 0.616. The minimum Gasteiger partial charge on any atom is -0.393 e. The Bertz CT molecular complexity index is 5200. The van der Waals surface area contributed by atoms with E-state index in [-0.39, 0.29) is 200 Å². The van der Waals surface area contributed by atoms with Crippen LogP contribution in [0.15, 0.2) is 24.3 Å². The molecule has 802 valence electrons. The van der Waals surface area contributed by atoms with E-state index in [9.17, 15) is 153 Å². The molecule has 1 aromatic rings. The fourth-order valence-corrected chi connectivity index (χ4v) is 21.4. The average molecular weight is 2090 g/mol. The topological polar surface area (TPSA) is 700 Å². The Kier molecular flexibility index (Phi) is 37.9. The molecule has 0 N–H and O–H groups in total. The number of rotatable bonds is 15. The molecule has 0 spiro atoms. The Morgan fingerprint density at radius 1 is 0.221 bits per heavy atom. The van der Waals surface area contributed by atoms with E-state index in [0.29, 0.717) is 75.8 Å². The molecule has 16 heterocycles. The van der Waals surface area contributed by atoms with Crippen LogP contribution in [0.2, 0.25) is 0 Å². The Morgan fingerprint density at radius 3 is 0.664 bits per heavy atom. The predicted molar refractivity (Wildman–Crippen MR) is 469 cm³/mol. The number of nitrogens with zero attached hydrogens (tertiary/aromatic N) is 2. The predicted octanol–water partition coefficient (Wildman–Crippen LogP) is 2.73. The molecule has 50 heteroatoms. The van der Waals surface area contributed by atoms with Gasteiger partial charge in [-0.15, -0.1) is 0 Å². The van der Waals surface area contributed by atoms with Gasteiger partial charge in [0.25, 0.3) is 0 Å². The molecule has 18 aliphatic rings. The van der Waals surface area contributed by atoms with Gasteiger partial charge in [0.05, 0.1) is 112 Å². The number of carbonyl (C=O) groups excluding carboxylic acids is 32. The van der Waals surface area contributed by atoms with Crippen LogP contribution >= 0.6 is 0 Å². The lowest BCUT2D eigenvalue weighted by Crippen LogP contribution is -2.49. The molecule has 7 unspecified atom stereocenters. The van der Waals surface area contributed by atoms with Crippen molar-refractivity contribution < 1.29 is 229 Å². The SMILES string of the molecule is CC1(C2(C)CC(=O)OC2=O)CC(=O)OC1=O.CC1C(=O)OC(=O)C1CC1C(=O)OC(=O)C1C.O=C1CC(C2CC(=O)OC(=O)C2)CC(=O)O1.O=C1CC(C2CCC(C3CC(=O)OC(=O)C3)CC2)CC(=O)O1.O=C1CC(C2CCC(C3CC(=O)OC3=O)CC2)CC(=O)O1.O=C1CC(CC2CC(=O)OC(=O)C2)CC(=O)O1.O=C1CC(c2ccc(C3CC(=O)OC(=O)C3)cc2)CC(=O)O1.O=C1CN(CCN2CC(=O)OC(=O)C2)CC(=O)O1. The van der Waals surface area contributed by atoms with E-state index in [2.05, 4.69) is 75.8 Å². The molecule has 19 rings (SSSR count).